The summed E-state index contributed by atoms with van der Waals surface area (Å²) < 4.78 is 0. The maximum absolute atomic E-state index is 9.41. The Hall–Kier alpha value is -1.85. The van der Waals surface area contributed by atoms with E-state index in [1.165, 1.54) is 0 Å². The molecule has 0 bridgehead atoms. The fourth-order valence-corrected chi connectivity index (χ4v) is 1.80. The van der Waals surface area contributed by atoms with E-state index in [4.69, 9.17) is 17.3 Å². The van der Waals surface area contributed by atoms with E-state index in [0.29, 0.717) is 5.82 Å². The topological polar surface area (TPSA) is 84.1 Å². The molecule has 5 nitrogen and oxygen atoms in total. The number of hydrogen-bond donors (Lipinski definition) is 3. The lowest BCUT2D eigenvalue weighted by atomic mass is 10.1. The number of benzene rings is 1. The van der Waals surface area contributed by atoms with Gasteiger partial charge >= 0.3 is 0 Å². The van der Waals surface area contributed by atoms with Crippen LogP contribution in [0, 0.1) is 0 Å². The first-order valence-corrected chi connectivity index (χ1v) is 5.79. The molecule has 1 unspecified atom stereocenters. The van der Waals surface area contributed by atoms with Gasteiger partial charge in [-0.05, 0) is 5.56 Å². The highest BCUT2D eigenvalue weighted by atomic mass is 35.5. The first kappa shape index (κ1) is 12.6. The molecule has 0 fully saturated rings. The number of rotatable bonds is 4. The van der Waals surface area contributed by atoms with Crippen LogP contribution in [0.15, 0.2) is 36.4 Å². The molecule has 1 heterocycles. The first-order chi connectivity index (χ1) is 8.69. The van der Waals surface area contributed by atoms with Gasteiger partial charge in [-0.25, -0.2) is 4.98 Å². The minimum atomic E-state index is -0.267. The van der Waals surface area contributed by atoms with Gasteiger partial charge in [0.25, 0.3) is 0 Å². The summed E-state index contributed by atoms with van der Waals surface area (Å²) in [6.45, 7) is -0.0639. The minimum Gasteiger partial charge on any atom is -0.394 e. The van der Waals surface area contributed by atoms with Crippen molar-refractivity contribution in [2.24, 2.45) is 0 Å². The lowest BCUT2D eigenvalue weighted by Gasteiger charge is -2.17. The van der Waals surface area contributed by atoms with E-state index < -0.39 is 0 Å². The number of nitrogens with one attached hydrogen (secondary N) is 1. The van der Waals surface area contributed by atoms with Crippen LogP contribution in [-0.2, 0) is 0 Å². The maximum Gasteiger partial charge on any atom is 0.223 e. The summed E-state index contributed by atoms with van der Waals surface area (Å²) in [5.41, 5.74) is 6.46. The number of aliphatic hydroxyl groups is 1. The van der Waals surface area contributed by atoms with Gasteiger partial charge in [0.05, 0.1) is 12.6 Å². The van der Waals surface area contributed by atoms with Crippen LogP contribution in [0.2, 0.25) is 5.15 Å². The Morgan fingerprint density at radius 3 is 2.61 bits per heavy atom. The van der Waals surface area contributed by atoms with E-state index in [9.17, 15) is 5.11 Å². The van der Waals surface area contributed by atoms with E-state index >= 15 is 0 Å². The van der Waals surface area contributed by atoms with Crippen LogP contribution in [0.4, 0.5) is 11.8 Å². The number of halogens is 1. The zero-order valence-corrected chi connectivity index (χ0v) is 10.3. The number of nitrogens with two attached hydrogens (primary N) is 1. The molecule has 0 saturated carbocycles. The van der Waals surface area contributed by atoms with Gasteiger partial charge in [-0.1, -0.05) is 41.9 Å². The van der Waals surface area contributed by atoms with Gasteiger partial charge in [0.1, 0.15) is 11.0 Å². The van der Waals surface area contributed by atoms with E-state index in [2.05, 4.69) is 15.3 Å². The van der Waals surface area contributed by atoms with Crippen molar-refractivity contribution >= 4 is 23.4 Å². The van der Waals surface area contributed by atoms with Gasteiger partial charge in [-0.3, -0.25) is 0 Å². The molecule has 6 heteroatoms. The summed E-state index contributed by atoms with van der Waals surface area (Å²) in [5.74, 6) is 0.574. The van der Waals surface area contributed by atoms with E-state index in [1.54, 1.807) is 6.07 Å². The molecule has 1 aromatic heterocycles. The average molecular weight is 265 g/mol. The lowest BCUT2D eigenvalue weighted by molar-refractivity contribution is 0.276. The molecule has 1 atom stereocenters. The van der Waals surface area contributed by atoms with Crippen molar-refractivity contribution in [1.29, 1.82) is 0 Å². The zero-order valence-electron chi connectivity index (χ0n) is 9.55. The highest BCUT2D eigenvalue weighted by Gasteiger charge is 2.11. The van der Waals surface area contributed by atoms with Gasteiger partial charge < -0.3 is 16.2 Å². The molecule has 0 aliphatic carbocycles. The van der Waals surface area contributed by atoms with Crippen molar-refractivity contribution in [3.8, 4) is 0 Å². The van der Waals surface area contributed by atoms with Crippen LogP contribution in [-0.4, -0.2) is 21.7 Å². The predicted octanol–water partition coefficient (Wildman–Crippen LogP) is 1.86. The lowest BCUT2D eigenvalue weighted by Crippen LogP contribution is -2.16. The Labute approximate surface area is 110 Å². The third-order valence-electron chi connectivity index (χ3n) is 2.42. The van der Waals surface area contributed by atoms with Gasteiger partial charge in [-0.2, -0.15) is 4.98 Å². The Balaban J connectivity index is 2.20. The van der Waals surface area contributed by atoms with Crippen LogP contribution in [0.5, 0.6) is 0 Å². The van der Waals surface area contributed by atoms with Gasteiger partial charge in [0, 0.05) is 6.07 Å². The fourth-order valence-electron chi connectivity index (χ4n) is 1.61. The zero-order chi connectivity index (χ0) is 13.0. The van der Waals surface area contributed by atoms with Crippen LogP contribution >= 0.6 is 11.6 Å². The summed E-state index contributed by atoms with van der Waals surface area (Å²) in [4.78, 5) is 7.78. The monoisotopic (exact) mass is 264 g/mol. The quantitative estimate of drug-likeness (QED) is 0.734. The summed E-state index contributed by atoms with van der Waals surface area (Å²) in [6, 6.07) is 10.8. The SMILES string of the molecule is Nc1nc(Cl)cc(NC(CO)c2ccccc2)n1. The second-order valence-electron chi connectivity index (χ2n) is 3.72. The van der Waals surface area contributed by atoms with Crippen LogP contribution < -0.4 is 11.1 Å². The third kappa shape index (κ3) is 3.09. The molecular formula is C12H13ClN4O. The second-order valence-corrected chi connectivity index (χ2v) is 4.11. The van der Waals surface area contributed by atoms with Crippen LogP contribution in [0.25, 0.3) is 0 Å². The number of hydrogen-bond acceptors (Lipinski definition) is 5. The largest absolute Gasteiger partial charge is 0.394 e. The average Bonchev–Trinajstić information content (AvgIpc) is 2.36. The number of aliphatic hydroxyl groups excluding tert-OH is 1. The molecule has 1 aromatic carbocycles. The highest BCUT2D eigenvalue weighted by Crippen LogP contribution is 2.20. The second kappa shape index (κ2) is 5.66. The molecule has 0 saturated heterocycles. The third-order valence-corrected chi connectivity index (χ3v) is 2.61. The molecule has 0 spiro atoms. The standard InChI is InChI=1S/C12H13ClN4O/c13-10-6-11(17-12(14)16-10)15-9(7-18)8-4-2-1-3-5-8/h1-6,9,18H,7H2,(H3,14,15,16,17). The molecular weight excluding hydrogens is 252 g/mol. The normalized spacial score (nSPS) is 12.1. The summed E-state index contributed by atoms with van der Waals surface area (Å²) in [6.07, 6.45) is 0. The molecule has 2 rings (SSSR count). The number of nitrogen functional groups attached to an aromatic ring is 1. The van der Waals surface area contributed by atoms with E-state index in [-0.39, 0.29) is 23.8 Å². The summed E-state index contributed by atoms with van der Waals surface area (Å²) in [7, 11) is 0. The van der Waals surface area contributed by atoms with Crippen molar-refractivity contribution in [3.05, 3.63) is 47.1 Å². The Kier molecular flexibility index (Phi) is 3.96. The molecule has 4 N–H and O–H groups in total. The van der Waals surface area contributed by atoms with E-state index in [1.807, 2.05) is 30.3 Å². The molecule has 0 aliphatic heterocycles. The molecule has 0 aliphatic rings. The fraction of sp³-hybridized carbons (Fsp3) is 0.167. The van der Waals surface area contributed by atoms with Crippen molar-refractivity contribution in [3.63, 3.8) is 0 Å². The predicted molar refractivity (Wildman–Crippen MR) is 71.3 cm³/mol. The van der Waals surface area contributed by atoms with Crippen molar-refractivity contribution in [2.45, 2.75) is 6.04 Å². The smallest absolute Gasteiger partial charge is 0.223 e. The van der Waals surface area contributed by atoms with Crippen LogP contribution in [0.1, 0.15) is 11.6 Å². The van der Waals surface area contributed by atoms with Gasteiger partial charge in [0.15, 0.2) is 0 Å². The number of anilines is 2. The number of aromatic nitrogens is 2. The van der Waals surface area contributed by atoms with Gasteiger partial charge in [0.2, 0.25) is 5.95 Å². The summed E-state index contributed by atoms with van der Waals surface area (Å²) >= 11 is 5.79. The van der Waals surface area contributed by atoms with Crippen LogP contribution in [0.3, 0.4) is 0 Å². The molecule has 2 aromatic rings. The van der Waals surface area contributed by atoms with E-state index in [0.717, 1.165) is 5.56 Å². The Morgan fingerprint density at radius 2 is 2.00 bits per heavy atom. The van der Waals surface area contributed by atoms with Crippen molar-refractivity contribution in [2.75, 3.05) is 17.7 Å². The Morgan fingerprint density at radius 1 is 1.28 bits per heavy atom. The molecule has 94 valence electrons. The molecule has 0 radical (unpaired) electrons. The first-order valence-electron chi connectivity index (χ1n) is 5.41. The highest BCUT2D eigenvalue weighted by molar-refractivity contribution is 6.29. The van der Waals surface area contributed by atoms with Crippen molar-refractivity contribution in [1.82, 2.24) is 9.97 Å². The van der Waals surface area contributed by atoms with Crippen molar-refractivity contribution < 1.29 is 5.11 Å². The summed E-state index contributed by atoms with van der Waals surface area (Å²) in [5, 5.41) is 12.7. The molecule has 0 amide bonds. The number of nitrogens with zero attached hydrogens (tertiary/aromatic N) is 2. The minimum absolute atomic E-state index is 0.0639. The maximum atomic E-state index is 9.41. The van der Waals surface area contributed by atoms with Gasteiger partial charge in [-0.15, -0.1) is 0 Å². The molecule has 18 heavy (non-hydrogen) atoms. The Bertz CT molecular complexity index is 500.